The van der Waals surface area contributed by atoms with E-state index in [0.717, 1.165) is 18.7 Å². The standard InChI is InChI=1S/C14H24N2O2/c1-11-10-16(8-7-13(11)15-18)14(17)9-12-5-3-2-4-6-12/h11-12,18H,2-10H2,1H3. The van der Waals surface area contributed by atoms with Crippen LogP contribution in [0.25, 0.3) is 0 Å². The van der Waals surface area contributed by atoms with Crippen LogP contribution in [0.3, 0.4) is 0 Å². The molecule has 1 amide bonds. The lowest BCUT2D eigenvalue weighted by atomic mass is 9.86. The van der Waals surface area contributed by atoms with Crippen LogP contribution in [0.1, 0.15) is 51.9 Å². The van der Waals surface area contributed by atoms with Gasteiger partial charge in [0.05, 0.1) is 5.71 Å². The highest BCUT2D eigenvalue weighted by molar-refractivity contribution is 5.89. The van der Waals surface area contributed by atoms with Crippen LogP contribution in [0.5, 0.6) is 0 Å². The smallest absolute Gasteiger partial charge is 0.222 e. The van der Waals surface area contributed by atoms with Gasteiger partial charge in [-0.2, -0.15) is 0 Å². The van der Waals surface area contributed by atoms with E-state index < -0.39 is 0 Å². The Hall–Kier alpha value is -1.06. The molecule has 0 spiro atoms. The summed E-state index contributed by atoms with van der Waals surface area (Å²) in [7, 11) is 0. The van der Waals surface area contributed by atoms with Crippen molar-refractivity contribution in [3.63, 3.8) is 0 Å². The Morgan fingerprint density at radius 2 is 2.11 bits per heavy atom. The minimum atomic E-state index is 0.194. The highest BCUT2D eigenvalue weighted by Gasteiger charge is 2.27. The zero-order valence-electron chi connectivity index (χ0n) is 11.3. The number of hydrogen-bond acceptors (Lipinski definition) is 3. The molecule has 1 aliphatic carbocycles. The van der Waals surface area contributed by atoms with Crippen molar-refractivity contribution >= 4 is 11.6 Å². The fourth-order valence-electron chi connectivity index (χ4n) is 3.17. The van der Waals surface area contributed by atoms with Crippen LogP contribution in [0.2, 0.25) is 0 Å². The van der Waals surface area contributed by atoms with Gasteiger partial charge in [-0.15, -0.1) is 0 Å². The first-order valence-corrected chi connectivity index (χ1v) is 7.19. The van der Waals surface area contributed by atoms with Gasteiger partial charge >= 0.3 is 0 Å². The van der Waals surface area contributed by atoms with Gasteiger partial charge in [0.1, 0.15) is 0 Å². The molecule has 4 nitrogen and oxygen atoms in total. The summed E-state index contributed by atoms with van der Waals surface area (Å²) in [5, 5.41) is 12.1. The molecular weight excluding hydrogens is 228 g/mol. The highest BCUT2D eigenvalue weighted by atomic mass is 16.4. The highest BCUT2D eigenvalue weighted by Crippen LogP contribution is 2.27. The molecular formula is C14H24N2O2. The summed E-state index contributed by atoms with van der Waals surface area (Å²) < 4.78 is 0. The number of likely N-dealkylation sites (tertiary alicyclic amines) is 1. The molecule has 0 radical (unpaired) electrons. The molecule has 1 saturated heterocycles. The zero-order chi connectivity index (χ0) is 13.0. The van der Waals surface area contributed by atoms with Crippen LogP contribution in [0.4, 0.5) is 0 Å². The van der Waals surface area contributed by atoms with Gasteiger partial charge in [0.15, 0.2) is 0 Å². The first-order valence-electron chi connectivity index (χ1n) is 7.19. The summed E-state index contributed by atoms with van der Waals surface area (Å²) in [4.78, 5) is 14.2. The average Bonchev–Trinajstić information content (AvgIpc) is 2.39. The van der Waals surface area contributed by atoms with E-state index in [1.54, 1.807) is 0 Å². The second-order valence-electron chi connectivity index (χ2n) is 5.79. The number of oxime groups is 1. The van der Waals surface area contributed by atoms with E-state index in [1.165, 1.54) is 32.1 Å². The molecule has 1 heterocycles. The van der Waals surface area contributed by atoms with Gasteiger partial charge < -0.3 is 10.1 Å². The van der Waals surface area contributed by atoms with Gasteiger partial charge in [-0.1, -0.05) is 31.3 Å². The topological polar surface area (TPSA) is 52.9 Å². The van der Waals surface area contributed by atoms with E-state index >= 15 is 0 Å². The van der Waals surface area contributed by atoms with Crippen molar-refractivity contribution in [3.05, 3.63) is 0 Å². The fourth-order valence-corrected chi connectivity index (χ4v) is 3.17. The van der Waals surface area contributed by atoms with Crippen LogP contribution >= 0.6 is 0 Å². The third-order valence-electron chi connectivity index (χ3n) is 4.37. The average molecular weight is 252 g/mol. The normalized spacial score (nSPS) is 28.6. The second-order valence-corrected chi connectivity index (χ2v) is 5.79. The van der Waals surface area contributed by atoms with Crippen LogP contribution in [0.15, 0.2) is 5.16 Å². The van der Waals surface area contributed by atoms with Crippen molar-refractivity contribution < 1.29 is 10.0 Å². The van der Waals surface area contributed by atoms with Gasteiger partial charge in [0.2, 0.25) is 5.91 Å². The van der Waals surface area contributed by atoms with E-state index in [4.69, 9.17) is 5.21 Å². The Morgan fingerprint density at radius 1 is 1.39 bits per heavy atom. The van der Waals surface area contributed by atoms with Crippen molar-refractivity contribution in [2.24, 2.45) is 17.0 Å². The molecule has 0 aromatic heterocycles. The number of carbonyl (C=O) groups is 1. The summed E-state index contributed by atoms with van der Waals surface area (Å²) in [5.41, 5.74) is 0.830. The molecule has 1 N–H and O–H groups in total. The van der Waals surface area contributed by atoms with Gasteiger partial charge in [-0.25, -0.2) is 0 Å². The van der Waals surface area contributed by atoms with Crippen molar-refractivity contribution in [1.82, 2.24) is 4.90 Å². The predicted molar refractivity (Wildman–Crippen MR) is 70.8 cm³/mol. The maximum atomic E-state index is 12.2. The Labute approximate surface area is 109 Å². The molecule has 4 heteroatoms. The lowest BCUT2D eigenvalue weighted by molar-refractivity contribution is -0.133. The Morgan fingerprint density at radius 3 is 2.72 bits per heavy atom. The van der Waals surface area contributed by atoms with Crippen molar-refractivity contribution in [1.29, 1.82) is 0 Å². The van der Waals surface area contributed by atoms with E-state index in [2.05, 4.69) is 5.16 Å². The molecule has 1 aliphatic heterocycles. The minimum Gasteiger partial charge on any atom is -0.411 e. The Kier molecular flexibility index (Phi) is 4.61. The maximum absolute atomic E-state index is 12.2. The maximum Gasteiger partial charge on any atom is 0.222 e. The molecule has 2 rings (SSSR count). The van der Waals surface area contributed by atoms with Crippen LogP contribution in [-0.4, -0.2) is 34.8 Å². The number of piperidine rings is 1. The minimum absolute atomic E-state index is 0.194. The first-order chi connectivity index (χ1) is 8.70. The molecule has 102 valence electrons. The summed E-state index contributed by atoms with van der Waals surface area (Å²) in [5.74, 6) is 1.10. The number of amides is 1. The molecule has 0 aromatic rings. The van der Waals surface area contributed by atoms with Gasteiger partial charge in [-0.05, 0) is 18.8 Å². The SMILES string of the molecule is CC1CN(C(=O)CC2CCCCC2)CCC1=NO. The first kappa shape index (κ1) is 13.4. The van der Waals surface area contributed by atoms with Crippen molar-refractivity contribution in [2.45, 2.75) is 51.9 Å². The lowest BCUT2D eigenvalue weighted by Gasteiger charge is -2.33. The number of hydrogen-bond donors (Lipinski definition) is 1. The predicted octanol–water partition coefficient (Wildman–Crippen LogP) is 2.66. The lowest BCUT2D eigenvalue weighted by Crippen LogP contribution is -2.43. The molecule has 2 fully saturated rings. The largest absolute Gasteiger partial charge is 0.411 e. The Balaban J connectivity index is 1.82. The van der Waals surface area contributed by atoms with Crippen LogP contribution in [-0.2, 0) is 4.79 Å². The molecule has 1 unspecified atom stereocenters. The zero-order valence-corrected chi connectivity index (χ0v) is 11.3. The fraction of sp³-hybridized carbons (Fsp3) is 0.857. The van der Waals surface area contributed by atoms with E-state index in [0.29, 0.717) is 24.8 Å². The third kappa shape index (κ3) is 3.24. The van der Waals surface area contributed by atoms with Crippen LogP contribution in [0, 0.1) is 11.8 Å². The quantitative estimate of drug-likeness (QED) is 0.607. The van der Waals surface area contributed by atoms with E-state index in [-0.39, 0.29) is 5.92 Å². The summed E-state index contributed by atoms with van der Waals surface area (Å²) >= 11 is 0. The Bertz CT molecular complexity index is 322. The number of carbonyl (C=O) groups excluding carboxylic acids is 1. The molecule has 0 aromatic carbocycles. The molecule has 1 atom stereocenters. The summed E-state index contributed by atoms with van der Waals surface area (Å²) in [6.07, 6.45) is 7.79. The van der Waals surface area contributed by atoms with Gasteiger partial charge in [-0.3, -0.25) is 4.79 Å². The third-order valence-corrected chi connectivity index (χ3v) is 4.37. The molecule has 2 aliphatic rings. The van der Waals surface area contributed by atoms with Gasteiger partial charge in [0.25, 0.3) is 0 Å². The number of nitrogens with zero attached hydrogens (tertiary/aromatic N) is 2. The van der Waals surface area contributed by atoms with Gasteiger partial charge in [0, 0.05) is 31.8 Å². The molecule has 18 heavy (non-hydrogen) atoms. The second kappa shape index (κ2) is 6.21. The van der Waals surface area contributed by atoms with E-state index in [9.17, 15) is 4.79 Å². The van der Waals surface area contributed by atoms with Crippen molar-refractivity contribution in [2.75, 3.05) is 13.1 Å². The van der Waals surface area contributed by atoms with Crippen molar-refractivity contribution in [3.8, 4) is 0 Å². The van der Waals surface area contributed by atoms with E-state index in [1.807, 2.05) is 11.8 Å². The molecule has 1 saturated carbocycles. The number of rotatable bonds is 2. The monoisotopic (exact) mass is 252 g/mol. The van der Waals surface area contributed by atoms with Crippen LogP contribution < -0.4 is 0 Å². The molecule has 0 bridgehead atoms. The summed E-state index contributed by atoms with van der Waals surface area (Å²) in [6.45, 7) is 3.45. The summed E-state index contributed by atoms with van der Waals surface area (Å²) in [6, 6.07) is 0.